The summed E-state index contributed by atoms with van der Waals surface area (Å²) in [5.74, 6) is -2.62. The van der Waals surface area contributed by atoms with Gasteiger partial charge in [0.05, 0.1) is 0 Å². The Labute approximate surface area is 78.1 Å². The molecule has 0 radical (unpaired) electrons. The average molecular weight is 192 g/mol. The van der Waals surface area contributed by atoms with E-state index in [1.165, 1.54) is 6.42 Å². The molecule has 0 amide bonds. The van der Waals surface area contributed by atoms with Crippen LogP contribution in [0.15, 0.2) is 0 Å². The zero-order valence-electron chi connectivity index (χ0n) is 8.10. The molecule has 0 heterocycles. The second kappa shape index (κ2) is 4.36. The predicted octanol–water partition coefficient (Wildman–Crippen LogP) is 2.97. The van der Waals surface area contributed by atoms with Crippen molar-refractivity contribution in [1.29, 1.82) is 0 Å². The maximum Gasteiger partial charge on any atom is 0.270 e. The van der Waals surface area contributed by atoms with E-state index in [4.69, 9.17) is 0 Å². The van der Waals surface area contributed by atoms with Crippen molar-refractivity contribution in [2.75, 3.05) is 0 Å². The van der Waals surface area contributed by atoms with Crippen LogP contribution in [0.25, 0.3) is 0 Å². The van der Waals surface area contributed by atoms with Crippen LogP contribution in [0.1, 0.15) is 45.4 Å². The minimum atomic E-state index is -2.93. The third-order valence-electron chi connectivity index (χ3n) is 2.87. The van der Waals surface area contributed by atoms with Gasteiger partial charge in [-0.05, 0) is 12.3 Å². The Morgan fingerprint density at radius 3 is 2.31 bits per heavy atom. The van der Waals surface area contributed by atoms with Crippen LogP contribution in [0.5, 0.6) is 0 Å². The molecule has 0 bridgehead atoms. The van der Waals surface area contributed by atoms with Crippen LogP contribution < -0.4 is 0 Å². The van der Waals surface area contributed by atoms with Crippen molar-refractivity contribution in [2.45, 2.75) is 57.5 Å². The van der Waals surface area contributed by atoms with E-state index in [1.54, 1.807) is 0 Å². The van der Waals surface area contributed by atoms with Crippen LogP contribution in [0.2, 0.25) is 0 Å². The summed E-state index contributed by atoms with van der Waals surface area (Å²) in [5.41, 5.74) is 0. The van der Waals surface area contributed by atoms with Gasteiger partial charge in [0, 0.05) is 6.92 Å². The number of alkyl halides is 2. The van der Waals surface area contributed by atoms with Crippen LogP contribution in [-0.4, -0.2) is 17.1 Å². The predicted molar refractivity (Wildman–Crippen MR) is 47.8 cm³/mol. The average Bonchev–Trinajstić information content (AvgIpc) is 2.04. The van der Waals surface area contributed by atoms with Gasteiger partial charge in [-0.2, -0.15) is 0 Å². The molecule has 0 aromatic heterocycles. The van der Waals surface area contributed by atoms with Gasteiger partial charge in [0.1, 0.15) is 6.10 Å². The molecule has 1 rings (SSSR count). The molecular formula is C10H18F2O. The van der Waals surface area contributed by atoms with Crippen molar-refractivity contribution in [3.8, 4) is 0 Å². The van der Waals surface area contributed by atoms with Crippen molar-refractivity contribution in [3.05, 3.63) is 0 Å². The Balaban J connectivity index is 2.30. The number of aliphatic hydroxyl groups excluding tert-OH is 1. The Morgan fingerprint density at radius 1 is 1.31 bits per heavy atom. The van der Waals surface area contributed by atoms with Crippen molar-refractivity contribution in [3.63, 3.8) is 0 Å². The largest absolute Gasteiger partial charge is 0.387 e. The molecule has 1 unspecified atom stereocenters. The topological polar surface area (TPSA) is 20.2 Å². The Bertz CT molecular complexity index is 147. The second-order valence-electron chi connectivity index (χ2n) is 4.21. The summed E-state index contributed by atoms with van der Waals surface area (Å²) in [6.07, 6.45) is 4.31. The maximum absolute atomic E-state index is 12.6. The first kappa shape index (κ1) is 10.9. The third-order valence-corrected chi connectivity index (χ3v) is 2.87. The molecule has 0 saturated heterocycles. The van der Waals surface area contributed by atoms with Crippen molar-refractivity contribution >= 4 is 0 Å². The zero-order chi connectivity index (χ0) is 9.90. The van der Waals surface area contributed by atoms with E-state index in [2.05, 4.69) is 0 Å². The molecule has 78 valence electrons. The lowest BCUT2D eigenvalue weighted by atomic mass is 9.84. The fourth-order valence-corrected chi connectivity index (χ4v) is 1.95. The van der Waals surface area contributed by atoms with Gasteiger partial charge in [-0.1, -0.05) is 32.1 Å². The highest BCUT2D eigenvalue weighted by Gasteiger charge is 2.34. The fraction of sp³-hybridized carbons (Fsp3) is 1.00. The number of rotatable bonds is 3. The lowest BCUT2D eigenvalue weighted by Gasteiger charge is -2.26. The number of hydrogen-bond acceptors (Lipinski definition) is 1. The van der Waals surface area contributed by atoms with E-state index in [0.29, 0.717) is 5.92 Å². The van der Waals surface area contributed by atoms with Gasteiger partial charge in [-0.15, -0.1) is 0 Å². The Hall–Kier alpha value is -0.180. The molecule has 1 aliphatic rings. The zero-order valence-corrected chi connectivity index (χ0v) is 8.10. The highest BCUT2D eigenvalue weighted by molar-refractivity contribution is 4.76. The van der Waals surface area contributed by atoms with Gasteiger partial charge in [-0.3, -0.25) is 0 Å². The number of hydrogen-bond donors (Lipinski definition) is 1. The van der Waals surface area contributed by atoms with Gasteiger partial charge in [0.25, 0.3) is 5.92 Å². The smallest absolute Gasteiger partial charge is 0.270 e. The van der Waals surface area contributed by atoms with Crippen molar-refractivity contribution in [2.24, 2.45) is 5.92 Å². The lowest BCUT2D eigenvalue weighted by Crippen LogP contribution is -2.32. The first-order valence-electron chi connectivity index (χ1n) is 5.06. The van der Waals surface area contributed by atoms with E-state index < -0.39 is 12.0 Å². The Morgan fingerprint density at radius 2 is 1.85 bits per heavy atom. The molecule has 0 spiro atoms. The number of halogens is 2. The van der Waals surface area contributed by atoms with Crippen LogP contribution in [0, 0.1) is 5.92 Å². The van der Waals surface area contributed by atoms with Crippen LogP contribution in [-0.2, 0) is 0 Å². The fourth-order valence-electron chi connectivity index (χ4n) is 1.95. The lowest BCUT2D eigenvalue weighted by molar-refractivity contribution is -0.103. The van der Waals surface area contributed by atoms with Crippen LogP contribution in [0.3, 0.4) is 0 Å². The first-order chi connectivity index (χ1) is 6.00. The molecule has 0 aromatic rings. The molecule has 1 aliphatic carbocycles. The second-order valence-corrected chi connectivity index (χ2v) is 4.21. The molecule has 1 N–H and O–H groups in total. The SMILES string of the molecule is CC(F)(F)C(O)CC1CCCCC1. The third kappa shape index (κ3) is 3.59. The monoisotopic (exact) mass is 192 g/mol. The summed E-state index contributed by atoms with van der Waals surface area (Å²) >= 11 is 0. The standard InChI is InChI=1S/C10H18F2O/c1-10(11,12)9(13)7-8-5-3-2-4-6-8/h8-9,13H,2-7H2,1H3. The van der Waals surface area contributed by atoms with Gasteiger partial charge in [-0.25, -0.2) is 8.78 Å². The first-order valence-corrected chi connectivity index (χ1v) is 5.06. The van der Waals surface area contributed by atoms with Crippen molar-refractivity contribution in [1.82, 2.24) is 0 Å². The van der Waals surface area contributed by atoms with E-state index in [0.717, 1.165) is 32.6 Å². The van der Waals surface area contributed by atoms with E-state index >= 15 is 0 Å². The highest BCUT2D eigenvalue weighted by Crippen LogP contribution is 2.31. The minimum Gasteiger partial charge on any atom is -0.387 e. The maximum atomic E-state index is 12.6. The van der Waals surface area contributed by atoms with Gasteiger partial charge < -0.3 is 5.11 Å². The molecular weight excluding hydrogens is 174 g/mol. The summed E-state index contributed by atoms with van der Waals surface area (Å²) in [5, 5.41) is 9.19. The van der Waals surface area contributed by atoms with Crippen LogP contribution in [0.4, 0.5) is 8.78 Å². The molecule has 1 nitrogen and oxygen atoms in total. The summed E-state index contributed by atoms with van der Waals surface area (Å²) in [7, 11) is 0. The van der Waals surface area contributed by atoms with Gasteiger partial charge >= 0.3 is 0 Å². The molecule has 3 heteroatoms. The summed E-state index contributed by atoms with van der Waals surface area (Å²) in [6.45, 7) is 0.792. The molecule has 1 fully saturated rings. The summed E-state index contributed by atoms with van der Waals surface area (Å²) in [4.78, 5) is 0. The minimum absolute atomic E-state index is 0.267. The van der Waals surface area contributed by atoms with Crippen LogP contribution >= 0.6 is 0 Å². The van der Waals surface area contributed by atoms with Crippen molar-refractivity contribution < 1.29 is 13.9 Å². The normalized spacial score (nSPS) is 23.1. The van der Waals surface area contributed by atoms with Gasteiger partial charge in [0.2, 0.25) is 0 Å². The molecule has 0 aromatic carbocycles. The summed E-state index contributed by atoms with van der Waals surface area (Å²) in [6, 6.07) is 0. The molecule has 0 aliphatic heterocycles. The van der Waals surface area contributed by atoms with E-state index in [-0.39, 0.29) is 6.42 Å². The molecule has 1 saturated carbocycles. The molecule has 13 heavy (non-hydrogen) atoms. The Kier molecular flexibility index (Phi) is 3.65. The molecule has 1 atom stereocenters. The highest BCUT2D eigenvalue weighted by atomic mass is 19.3. The number of aliphatic hydroxyl groups is 1. The van der Waals surface area contributed by atoms with Gasteiger partial charge in [0.15, 0.2) is 0 Å². The van der Waals surface area contributed by atoms with E-state index in [1.807, 2.05) is 0 Å². The quantitative estimate of drug-likeness (QED) is 0.728. The van der Waals surface area contributed by atoms with E-state index in [9.17, 15) is 13.9 Å². The summed E-state index contributed by atoms with van der Waals surface area (Å²) < 4.78 is 25.2.